The Morgan fingerprint density at radius 1 is 0.842 bits per heavy atom. The molecule has 0 aliphatic heterocycles. The molecule has 0 bridgehead atoms. The van der Waals surface area contributed by atoms with Gasteiger partial charge in [0.1, 0.15) is 0 Å². The number of amides is 2. The van der Waals surface area contributed by atoms with Crippen molar-refractivity contribution >= 4 is 6.03 Å². The van der Waals surface area contributed by atoms with Crippen LogP contribution < -0.4 is 10.6 Å². The third-order valence-electron chi connectivity index (χ3n) is 4.70. The molecule has 110 valence electrons. The SMILES string of the molecule is CN(C)C1CCC(NC(=O)NC2CCCCC2)CC1. The maximum absolute atomic E-state index is 12.0. The number of hydrogen-bond acceptors (Lipinski definition) is 2. The summed E-state index contributed by atoms with van der Waals surface area (Å²) in [5.74, 6) is 0. The van der Waals surface area contributed by atoms with E-state index >= 15 is 0 Å². The van der Waals surface area contributed by atoms with E-state index in [4.69, 9.17) is 0 Å². The molecule has 2 aliphatic carbocycles. The van der Waals surface area contributed by atoms with Gasteiger partial charge in [-0.25, -0.2) is 4.79 Å². The first kappa shape index (κ1) is 14.6. The van der Waals surface area contributed by atoms with Crippen LogP contribution in [0.1, 0.15) is 57.8 Å². The molecule has 0 aromatic carbocycles. The van der Waals surface area contributed by atoms with E-state index < -0.39 is 0 Å². The topological polar surface area (TPSA) is 44.4 Å². The molecule has 0 aromatic rings. The van der Waals surface area contributed by atoms with Crippen molar-refractivity contribution in [2.45, 2.75) is 75.9 Å². The lowest BCUT2D eigenvalue weighted by molar-refractivity contribution is 0.195. The summed E-state index contributed by atoms with van der Waals surface area (Å²) in [6.45, 7) is 0. The van der Waals surface area contributed by atoms with Crippen molar-refractivity contribution in [3.63, 3.8) is 0 Å². The average molecular weight is 267 g/mol. The highest BCUT2D eigenvalue weighted by molar-refractivity contribution is 5.74. The predicted octanol–water partition coefficient (Wildman–Crippen LogP) is 2.49. The molecular weight excluding hydrogens is 238 g/mol. The van der Waals surface area contributed by atoms with Crippen molar-refractivity contribution in [2.24, 2.45) is 0 Å². The molecule has 2 aliphatic rings. The Morgan fingerprint density at radius 2 is 1.37 bits per heavy atom. The number of hydrogen-bond donors (Lipinski definition) is 2. The third kappa shape index (κ3) is 4.68. The zero-order chi connectivity index (χ0) is 13.7. The van der Waals surface area contributed by atoms with E-state index in [0.29, 0.717) is 18.1 Å². The van der Waals surface area contributed by atoms with Crippen LogP contribution in [0.3, 0.4) is 0 Å². The van der Waals surface area contributed by atoms with Crippen molar-refractivity contribution in [1.82, 2.24) is 15.5 Å². The molecule has 2 rings (SSSR count). The van der Waals surface area contributed by atoms with E-state index in [9.17, 15) is 4.79 Å². The van der Waals surface area contributed by atoms with Crippen molar-refractivity contribution in [3.05, 3.63) is 0 Å². The van der Waals surface area contributed by atoms with Crippen LogP contribution in [-0.2, 0) is 0 Å². The van der Waals surface area contributed by atoms with Gasteiger partial charge in [0.05, 0.1) is 0 Å². The maximum Gasteiger partial charge on any atom is 0.315 e. The summed E-state index contributed by atoms with van der Waals surface area (Å²) in [7, 11) is 4.29. The van der Waals surface area contributed by atoms with Gasteiger partial charge in [-0.15, -0.1) is 0 Å². The molecule has 0 heterocycles. The summed E-state index contributed by atoms with van der Waals surface area (Å²) >= 11 is 0. The van der Waals surface area contributed by atoms with Gasteiger partial charge in [0.15, 0.2) is 0 Å². The van der Waals surface area contributed by atoms with E-state index in [-0.39, 0.29) is 6.03 Å². The number of rotatable bonds is 3. The summed E-state index contributed by atoms with van der Waals surface area (Å²) in [5.41, 5.74) is 0. The Kier molecular flexibility index (Phi) is 5.49. The van der Waals surface area contributed by atoms with Crippen molar-refractivity contribution in [3.8, 4) is 0 Å². The van der Waals surface area contributed by atoms with Gasteiger partial charge in [0.2, 0.25) is 0 Å². The first-order valence-electron chi connectivity index (χ1n) is 7.88. The number of carbonyl (C=O) groups is 1. The Morgan fingerprint density at radius 3 is 1.89 bits per heavy atom. The Balaban J connectivity index is 1.65. The van der Waals surface area contributed by atoms with Crippen molar-refractivity contribution in [2.75, 3.05) is 14.1 Å². The number of urea groups is 1. The minimum atomic E-state index is 0.0557. The van der Waals surface area contributed by atoms with Crippen molar-refractivity contribution < 1.29 is 4.79 Å². The Labute approximate surface area is 117 Å². The molecule has 0 aromatic heterocycles. The first-order valence-corrected chi connectivity index (χ1v) is 7.88. The monoisotopic (exact) mass is 267 g/mol. The molecule has 2 fully saturated rings. The summed E-state index contributed by atoms with van der Waals surface area (Å²) < 4.78 is 0. The van der Waals surface area contributed by atoms with Gasteiger partial charge in [-0.2, -0.15) is 0 Å². The van der Waals surface area contributed by atoms with Crippen LogP contribution in [0.2, 0.25) is 0 Å². The molecule has 0 spiro atoms. The molecule has 2 N–H and O–H groups in total. The van der Waals surface area contributed by atoms with E-state index in [2.05, 4.69) is 29.6 Å². The largest absolute Gasteiger partial charge is 0.335 e. The summed E-state index contributed by atoms with van der Waals surface area (Å²) in [6.07, 6.45) is 10.8. The molecule has 2 saturated carbocycles. The molecule has 19 heavy (non-hydrogen) atoms. The van der Waals surface area contributed by atoms with Crippen LogP contribution in [0.4, 0.5) is 4.79 Å². The second-order valence-corrected chi connectivity index (χ2v) is 6.42. The Hall–Kier alpha value is -0.770. The standard InChI is InChI=1S/C15H29N3O/c1-18(2)14-10-8-13(9-11-14)17-15(19)16-12-6-4-3-5-7-12/h12-14H,3-11H2,1-2H3,(H2,16,17,19). The van der Waals surface area contributed by atoms with E-state index in [0.717, 1.165) is 25.7 Å². The number of nitrogens with one attached hydrogen (secondary N) is 2. The highest BCUT2D eigenvalue weighted by Crippen LogP contribution is 2.22. The second-order valence-electron chi connectivity index (χ2n) is 6.42. The van der Waals surface area contributed by atoms with Crippen LogP contribution in [0.5, 0.6) is 0 Å². The lowest BCUT2D eigenvalue weighted by Crippen LogP contribution is -2.48. The smallest absolute Gasteiger partial charge is 0.315 e. The molecule has 0 radical (unpaired) electrons. The molecule has 4 nitrogen and oxygen atoms in total. The minimum Gasteiger partial charge on any atom is -0.335 e. The Bertz CT molecular complexity index is 279. The van der Waals surface area contributed by atoms with Gasteiger partial charge in [0, 0.05) is 18.1 Å². The van der Waals surface area contributed by atoms with Gasteiger partial charge >= 0.3 is 6.03 Å². The molecule has 0 unspecified atom stereocenters. The normalized spacial score (nSPS) is 29.2. The molecule has 0 saturated heterocycles. The third-order valence-corrected chi connectivity index (χ3v) is 4.70. The summed E-state index contributed by atoms with van der Waals surface area (Å²) in [5, 5.41) is 6.30. The highest BCUT2D eigenvalue weighted by Gasteiger charge is 2.24. The second kappa shape index (κ2) is 7.13. The molecule has 2 amide bonds. The summed E-state index contributed by atoms with van der Waals surface area (Å²) in [4.78, 5) is 14.3. The molecular formula is C15H29N3O. The lowest BCUT2D eigenvalue weighted by atomic mass is 9.90. The van der Waals surface area contributed by atoms with Crippen LogP contribution in [0.15, 0.2) is 0 Å². The van der Waals surface area contributed by atoms with Crippen LogP contribution in [0, 0.1) is 0 Å². The minimum absolute atomic E-state index is 0.0557. The quantitative estimate of drug-likeness (QED) is 0.825. The zero-order valence-corrected chi connectivity index (χ0v) is 12.5. The lowest BCUT2D eigenvalue weighted by Gasteiger charge is -2.33. The fourth-order valence-corrected chi connectivity index (χ4v) is 3.40. The van der Waals surface area contributed by atoms with Crippen LogP contribution in [-0.4, -0.2) is 43.2 Å². The van der Waals surface area contributed by atoms with Gasteiger partial charge < -0.3 is 15.5 Å². The predicted molar refractivity (Wildman–Crippen MR) is 78.3 cm³/mol. The van der Waals surface area contributed by atoms with Crippen molar-refractivity contribution in [1.29, 1.82) is 0 Å². The van der Waals surface area contributed by atoms with Gasteiger partial charge in [-0.05, 0) is 52.6 Å². The van der Waals surface area contributed by atoms with E-state index in [1.165, 1.54) is 32.1 Å². The molecule has 4 heteroatoms. The van der Waals surface area contributed by atoms with E-state index in [1.54, 1.807) is 0 Å². The van der Waals surface area contributed by atoms with Crippen LogP contribution in [0.25, 0.3) is 0 Å². The summed E-state index contributed by atoms with van der Waals surface area (Å²) in [6, 6.07) is 1.53. The fourth-order valence-electron chi connectivity index (χ4n) is 3.40. The molecule has 0 atom stereocenters. The number of nitrogens with zero attached hydrogens (tertiary/aromatic N) is 1. The van der Waals surface area contributed by atoms with Gasteiger partial charge in [-0.3, -0.25) is 0 Å². The van der Waals surface area contributed by atoms with Gasteiger partial charge in [-0.1, -0.05) is 19.3 Å². The maximum atomic E-state index is 12.0. The fraction of sp³-hybridized carbons (Fsp3) is 0.933. The highest BCUT2D eigenvalue weighted by atomic mass is 16.2. The average Bonchev–Trinajstić information content (AvgIpc) is 2.40. The van der Waals surface area contributed by atoms with Crippen LogP contribution >= 0.6 is 0 Å². The first-order chi connectivity index (χ1) is 9.15. The van der Waals surface area contributed by atoms with E-state index in [1.807, 2.05) is 0 Å². The zero-order valence-electron chi connectivity index (χ0n) is 12.5. The van der Waals surface area contributed by atoms with Gasteiger partial charge in [0.25, 0.3) is 0 Å². The number of carbonyl (C=O) groups excluding carboxylic acids is 1.